The Morgan fingerprint density at radius 1 is 1.36 bits per heavy atom. The molecule has 2 heterocycles. The molecule has 7 heteroatoms. The van der Waals surface area contributed by atoms with Gasteiger partial charge in [-0.15, -0.1) is 0 Å². The lowest BCUT2D eigenvalue weighted by molar-refractivity contribution is 0.0652. The number of aromatic nitrogens is 1. The first-order chi connectivity index (χ1) is 10.7. The van der Waals surface area contributed by atoms with Crippen LogP contribution >= 0.6 is 0 Å². The molecule has 2 aromatic rings. The maximum atomic E-state index is 10.9. The van der Waals surface area contributed by atoms with E-state index in [0.29, 0.717) is 36.0 Å². The Hall–Kier alpha value is -2.54. The predicted molar refractivity (Wildman–Crippen MR) is 75.3 cm³/mol. The van der Waals surface area contributed by atoms with Crippen molar-refractivity contribution in [1.29, 1.82) is 0 Å². The summed E-state index contributed by atoms with van der Waals surface area (Å²) in [6, 6.07) is 6.63. The molecule has 1 N–H and O–H groups in total. The summed E-state index contributed by atoms with van der Waals surface area (Å²) < 4.78 is 21.2. The van der Waals surface area contributed by atoms with E-state index >= 15 is 0 Å². The Kier molecular flexibility index (Phi) is 3.97. The average molecular weight is 305 g/mol. The summed E-state index contributed by atoms with van der Waals surface area (Å²) in [6.45, 7) is 1.22. The molecule has 1 fully saturated rings. The number of benzene rings is 1. The molecule has 116 valence electrons. The van der Waals surface area contributed by atoms with Crippen LogP contribution in [0.15, 0.2) is 28.8 Å². The average Bonchev–Trinajstić information content (AvgIpc) is 3.18. The van der Waals surface area contributed by atoms with Crippen molar-refractivity contribution in [1.82, 2.24) is 5.16 Å². The fourth-order valence-corrected chi connectivity index (χ4v) is 2.23. The van der Waals surface area contributed by atoms with Gasteiger partial charge in [0.05, 0.1) is 20.3 Å². The summed E-state index contributed by atoms with van der Waals surface area (Å²) in [4.78, 5) is 10.9. The van der Waals surface area contributed by atoms with E-state index in [1.807, 2.05) is 0 Å². The molecule has 7 nitrogen and oxygen atoms in total. The normalized spacial score (nSPS) is 17.4. The van der Waals surface area contributed by atoms with Gasteiger partial charge >= 0.3 is 5.97 Å². The monoisotopic (exact) mass is 305 g/mol. The van der Waals surface area contributed by atoms with Gasteiger partial charge in [-0.05, 0) is 18.2 Å². The van der Waals surface area contributed by atoms with E-state index in [9.17, 15) is 4.79 Å². The minimum absolute atomic E-state index is 0.0176. The van der Waals surface area contributed by atoms with E-state index < -0.39 is 5.97 Å². The highest BCUT2D eigenvalue weighted by atomic mass is 16.6. The fourth-order valence-electron chi connectivity index (χ4n) is 2.23. The van der Waals surface area contributed by atoms with Gasteiger partial charge in [0, 0.05) is 18.1 Å². The molecule has 0 amide bonds. The first-order valence-electron chi connectivity index (χ1n) is 6.80. The molecule has 1 aromatic heterocycles. The molecule has 22 heavy (non-hydrogen) atoms. The molecule has 0 bridgehead atoms. The smallest absolute Gasteiger partial charge is 0.374 e. The van der Waals surface area contributed by atoms with Gasteiger partial charge in [0.25, 0.3) is 0 Å². The minimum atomic E-state index is -1.16. The van der Waals surface area contributed by atoms with Gasteiger partial charge in [-0.2, -0.15) is 0 Å². The summed E-state index contributed by atoms with van der Waals surface area (Å²) in [5.41, 5.74) is 1.11. The van der Waals surface area contributed by atoms with Crippen LogP contribution in [0.4, 0.5) is 0 Å². The minimum Gasteiger partial charge on any atom is -0.493 e. The molecule has 0 radical (unpaired) electrons. The van der Waals surface area contributed by atoms with E-state index in [2.05, 4.69) is 5.16 Å². The van der Waals surface area contributed by atoms with Gasteiger partial charge in [-0.25, -0.2) is 4.79 Å². The topological polar surface area (TPSA) is 91.0 Å². The maximum Gasteiger partial charge on any atom is 0.374 e. The van der Waals surface area contributed by atoms with Crippen LogP contribution in [0.3, 0.4) is 0 Å². The van der Waals surface area contributed by atoms with Crippen LogP contribution in [0.5, 0.6) is 11.5 Å². The largest absolute Gasteiger partial charge is 0.493 e. The van der Waals surface area contributed by atoms with Crippen LogP contribution in [0.25, 0.3) is 11.3 Å². The first kappa shape index (κ1) is 14.4. The molecule has 1 aliphatic heterocycles. The highest BCUT2D eigenvalue weighted by Crippen LogP contribution is 2.33. The van der Waals surface area contributed by atoms with Crippen LogP contribution in [0.2, 0.25) is 0 Å². The number of hydrogen-bond acceptors (Lipinski definition) is 6. The molecular formula is C15H15NO6. The zero-order valence-corrected chi connectivity index (χ0v) is 11.9. The van der Waals surface area contributed by atoms with Crippen molar-refractivity contribution in [2.75, 3.05) is 20.3 Å². The standard InChI is InChI=1S/C15H15NO6/c1-19-12-3-2-9(11-7-14(15(17)18)22-16-11)6-13(12)21-10-4-5-20-8-10/h2-3,6-7,10H,4-5,8H2,1H3,(H,17,18). The van der Waals surface area contributed by atoms with Gasteiger partial charge in [0.15, 0.2) is 11.5 Å². The summed E-state index contributed by atoms with van der Waals surface area (Å²) in [5.74, 6) is -0.211. The second kappa shape index (κ2) is 6.07. The number of ether oxygens (including phenoxy) is 3. The number of carbonyl (C=O) groups is 1. The Balaban J connectivity index is 1.89. The Labute approximate surface area is 126 Å². The zero-order chi connectivity index (χ0) is 15.5. The number of methoxy groups -OCH3 is 1. The number of carboxylic acids is 1. The second-order valence-electron chi connectivity index (χ2n) is 4.85. The maximum absolute atomic E-state index is 10.9. The third-order valence-electron chi connectivity index (χ3n) is 3.36. The lowest BCUT2D eigenvalue weighted by Gasteiger charge is -2.15. The van der Waals surface area contributed by atoms with Crippen molar-refractivity contribution in [2.45, 2.75) is 12.5 Å². The van der Waals surface area contributed by atoms with Crippen molar-refractivity contribution in [3.05, 3.63) is 30.0 Å². The van der Waals surface area contributed by atoms with Crippen molar-refractivity contribution in [3.8, 4) is 22.8 Å². The van der Waals surface area contributed by atoms with Crippen molar-refractivity contribution < 1.29 is 28.6 Å². The lowest BCUT2D eigenvalue weighted by Crippen LogP contribution is -2.16. The summed E-state index contributed by atoms with van der Waals surface area (Å²) in [7, 11) is 1.56. The Bertz CT molecular complexity index is 674. The molecule has 0 spiro atoms. The van der Waals surface area contributed by atoms with E-state index in [1.54, 1.807) is 25.3 Å². The van der Waals surface area contributed by atoms with Crippen molar-refractivity contribution >= 4 is 5.97 Å². The van der Waals surface area contributed by atoms with Crippen LogP contribution in [0.1, 0.15) is 17.0 Å². The molecule has 1 atom stereocenters. The predicted octanol–water partition coefficient (Wildman–Crippen LogP) is 2.22. The van der Waals surface area contributed by atoms with Gasteiger partial charge in [0.2, 0.25) is 5.76 Å². The number of hydrogen-bond donors (Lipinski definition) is 1. The number of aromatic carboxylic acids is 1. The molecule has 1 aromatic carbocycles. The molecule has 1 saturated heterocycles. The number of rotatable bonds is 5. The molecule has 1 aliphatic rings. The molecule has 3 rings (SSSR count). The van der Waals surface area contributed by atoms with Crippen LogP contribution in [-0.2, 0) is 4.74 Å². The van der Waals surface area contributed by atoms with Gasteiger partial charge in [-0.1, -0.05) is 5.16 Å². The summed E-state index contributed by atoms with van der Waals surface area (Å²) in [5, 5.41) is 12.6. The highest BCUT2D eigenvalue weighted by molar-refractivity contribution is 5.85. The fraction of sp³-hybridized carbons (Fsp3) is 0.333. The van der Waals surface area contributed by atoms with E-state index in [0.717, 1.165) is 6.42 Å². The highest BCUT2D eigenvalue weighted by Gasteiger charge is 2.20. The van der Waals surface area contributed by atoms with E-state index in [-0.39, 0.29) is 11.9 Å². The molecule has 0 saturated carbocycles. The van der Waals surface area contributed by atoms with Gasteiger partial charge in [0.1, 0.15) is 11.8 Å². The van der Waals surface area contributed by atoms with Gasteiger partial charge in [-0.3, -0.25) is 0 Å². The first-order valence-corrected chi connectivity index (χ1v) is 6.80. The van der Waals surface area contributed by atoms with E-state index in [1.165, 1.54) is 6.07 Å². The second-order valence-corrected chi connectivity index (χ2v) is 4.85. The zero-order valence-electron chi connectivity index (χ0n) is 11.9. The summed E-state index contributed by atoms with van der Waals surface area (Å²) in [6.07, 6.45) is 0.802. The van der Waals surface area contributed by atoms with Crippen LogP contribution in [0, 0.1) is 0 Å². The molecule has 1 unspecified atom stereocenters. The van der Waals surface area contributed by atoms with Gasteiger partial charge < -0.3 is 23.8 Å². The van der Waals surface area contributed by atoms with E-state index in [4.69, 9.17) is 23.8 Å². The Morgan fingerprint density at radius 2 is 2.23 bits per heavy atom. The third-order valence-corrected chi connectivity index (χ3v) is 3.36. The molecule has 0 aliphatic carbocycles. The van der Waals surface area contributed by atoms with Crippen LogP contribution < -0.4 is 9.47 Å². The quantitative estimate of drug-likeness (QED) is 0.905. The SMILES string of the molecule is COc1ccc(-c2cc(C(=O)O)on2)cc1OC1CCOC1. The Morgan fingerprint density at radius 3 is 2.86 bits per heavy atom. The van der Waals surface area contributed by atoms with Crippen molar-refractivity contribution in [2.24, 2.45) is 0 Å². The van der Waals surface area contributed by atoms with Crippen molar-refractivity contribution in [3.63, 3.8) is 0 Å². The third kappa shape index (κ3) is 2.89. The molecular weight excluding hydrogens is 290 g/mol. The lowest BCUT2D eigenvalue weighted by atomic mass is 10.1. The van der Waals surface area contributed by atoms with Crippen LogP contribution in [-0.4, -0.2) is 42.7 Å². The number of carboxylic acid groups (broad SMARTS) is 1. The summed E-state index contributed by atoms with van der Waals surface area (Å²) >= 11 is 0. The number of nitrogens with zero attached hydrogens (tertiary/aromatic N) is 1.